The van der Waals surface area contributed by atoms with Crippen LogP contribution >= 0.6 is 0 Å². The molecule has 94 valence electrons. The van der Waals surface area contributed by atoms with Crippen molar-refractivity contribution >= 4 is 5.78 Å². The Labute approximate surface area is 101 Å². The molecule has 3 rings (SSSR count). The highest BCUT2D eigenvalue weighted by atomic mass is 16.7. The highest BCUT2D eigenvalue weighted by Crippen LogP contribution is 2.46. The Morgan fingerprint density at radius 1 is 1.47 bits per heavy atom. The summed E-state index contributed by atoms with van der Waals surface area (Å²) in [5, 5.41) is 9.18. The Bertz CT molecular complexity index is 362. The van der Waals surface area contributed by atoms with E-state index < -0.39 is 6.10 Å². The van der Waals surface area contributed by atoms with Gasteiger partial charge in [0.05, 0.1) is 13.2 Å². The molecular weight excluding hydrogens is 220 g/mol. The molecule has 0 spiro atoms. The molecule has 1 aliphatic carbocycles. The second kappa shape index (κ2) is 4.19. The fourth-order valence-electron chi connectivity index (χ4n) is 3.46. The number of hydrogen-bond acceptors (Lipinski definition) is 4. The van der Waals surface area contributed by atoms with E-state index in [4.69, 9.17) is 9.47 Å². The molecular formula is C13H18O4. The van der Waals surface area contributed by atoms with E-state index in [1.165, 1.54) is 5.57 Å². The zero-order valence-electron chi connectivity index (χ0n) is 9.96. The minimum absolute atomic E-state index is 0.0279. The molecule has 0 amide bonds. The maximum atomic E-state index is 12.2. The van der Waals surface area contributed by atoms with Crippen LogP contribution in [0.5, 0.6) is 0 Å². The monoisotopic (exact) mass is 238 g/mol. The molecule has 1 N–H and O–H groups in total. The van der Waals surface area contributed by atoms with Gasteiger partial charge in [-0.3, -0.25) is 4.79 Å². The van der Waals surface area contributed by atoms with Crippen molar-refractivity contribution in [2.75, 3.05) is 13.2 Å². The zero-order chi connectivity index (χ0) is 12.0. The van der Waals surface area contributed by atoms with Gasteiger partial charge in [-0.15, -0.1) is 0 Å². The van der Waals surface area contributed by atoms with E-state index in [1.54, 1.807) is 0 Å². The zero-order valence-corrected chi connectivity index (χ0v) is 9.96. The van der Waals surface area contributed by atoms with Crippen LogP contribution in [-0.4, -0.2) is 36.5 Å². The second-order valence-corrected chi connectivity index (χ2v) is 5.21. The third kappa shape index (κ3) is 1.66. The van der Waals surface area contributed by atoms with Gasteiger partial charge in [0.15, 0.2) is 12.1 Å². The summed E-state index contributed by atoms with van der Waals surface area (Å²) in [5.41, 5.74) is 1.36. The van der Waals surface area contributed by atoms with Crippen molar-refractivity contribution < 1.29 is 19.4 Å². The molecule has 2 heterocycles. The first kappa shape index (κ1) is 11.4. The van der Waals surface area contributed by atoms with Crippen LogP contribution in [0.2, 0.25) is 0 Å². The summed E-state index contributed by atoms with van der Waals surface area (Å²) >= 11 is 0. The quantitative estimate of drug-likeness (QED) is 0.689. The molecule has 2 saturated heterocycles. The number of ether oxygens (including phenoxy) is 2. The minimum Gasteiger partial charge on any atom is -0.393 e. The first-order valence-electron chi connectivity index (χ1n) is 6.30. The van der Waals surface area contributed by atoms with Crippen molar-refractivity contribution in [2.45, 2.75) is 32.2 Å². The molecule has 0 unspecified atom stereocenters. The van der Waals surface area contributed by atoms with Gasteiger partial charge in [0.25, 0.3) is 0 Å². The van der Waals surface area contributed by atoms with Gasteiger partial charge in [-0.2, -0.15) is 0 Å². The number of rotatable bonds is 1. The Morgan fingerprint density at radius 2 is 2.29 bits per heavy atom. The lowest BCUT2D eigenvalue weighted by Gasteiger charge is -2.48. The Balaban J connectivity index is 1.94. The summed E-state index contributed by atoms with van der Waals surface area (Å²) in [7, 11) is 0. The summed E-state index contributed by atoms with van der Waals surface area (Å²) in [4.78, 5) is 12.2. The van der Waals surface area contributed by atoms with Gasteiger partial charge in [-0.25, -0.2) is 0 Å². The normalized spacial score (nSPS) is 45.2. The van der Waals surface area contributed by atoms with Crippen molar-refractivity contribution in [3.05, 3.63) is 11.6 Å². The lowest BCUT2D eigenvalue weighted by Crippen LogP contribution is -2.56. The smallest absolute Gasteiger partial charge is 0.167 e. The number of carbonyl (C=O) groups excluding carboxylic acids is 1. The lowest BCUT2D eigenvalue weighted by atomic mass is 9.66. The molecule has 17 heavy (non-hydrogen) atoms. The van der Waals surface area contributed by atoms with E-state index in [9.17, 15) is 9.90 Å². The summed E-state index contributed by atoms with van der Waals surface area (Å²) in [5.74, 6) is 0.591. The summed E-state index contributed by atoms with van der Waals surface area (Å²) in [6.45, 7) is 2.57. The topological polar surface area (TPSA) is 55.8 Å². The molecule has 0 bridgehead atoms. The second-order valence-electron chi connectivity index (χ2n) is 5.21. The molecule has 0 radical (unpaired) electrons. The van der Waals surface area contributed by atoms with Crippen LogP contribution in [0, 0.1) is 17.8 Å². The number of Topliss-reactive ketones (excluding diaryl/α,β-unsaturated/α-hetero) is 1. The third-order valence-electron chi connectivity index (χ3n) is 4.38. The van der Waals surface area contributed by atoms with E-state index >= 15 is 0 Å². The predicted molar refractivity (Wildman–Crippen MR) is 60.2 cm³/mol. The highest BCUT2D eigenvalue weighted by Gasteiger charge is 2.51. The van der Waals surface area contributed by atoms with Gasteiger partial charge >= 0.3 is 0 Å². The van der Waals surface area contributed by atoms with E-state index in [0.717, 1.165) is 12.8 Å². The fraction of sp³-hybridized carbons (Fsp3) is 0.769. The van der Waals surface area contributed by atoms with E-state index in [1.807, 2.05) is 0 Å². The summed E-state index contributed by atoms with van der Waals surface area (Å²) < 4.78 is 11.2. The van der Waals surface area contributed by atoms with Crippen molar-refractivity contribution in [3.63, 3.8) is 0 Å². The third-order valence-corrected chi connectivity index (χ3v) is 4.38. The maximum absolute atomic E-state index is 12.2. The average Bonchev–Trinajstić information content (AvgIpc) is 2.36. The van der Waals surface area contributed by atoms with Crippen LogP contribution in [-0.2, 0) is 14.3 Å². The molecule has 2 fully saturated rings. The Kier molecular flexibility index (Phi) is 2.81. The number of ketones is 1. The molecule has 5 atom stereocenters. The maximum Gasteiger partial charge on any atom is 0.167 e. The van der Waals surface area contributed by atoms with Gasteiger partial charge in [0.2, 0.25) is 0 Å². The van der Waals surface area contributed by atoms with Crippen molar-refractivity contribution in [2.24, 2.45) is 17.8 Å². The van der Waals surface area contributed by atoms with Crippen LogP contribution in [0.3, 0.4) is 0 Å². The van der Waals surface area contributed by atoms with Gasteiger partial charge in [-0.1, -0.05) is 11.6 Å². The molecule has 0 saturated carbocycles. The van der Waals surface area contributed by atoms with Crippen molar-refractivity contribution in [1.82, 2.24) is 0 Å². The van der Waals surface area contributed by atoms with Gasteiger partial charge in [-0.05, 0) is 25.7 Å². The van der Waals surface area contributed by atoms with Crippen molar-refractivity contribution in [3.8, 4) is 0 Å². The average molecular weight is 238 g/mol. The molecule has 2 aliphatic heterocycles. The molecule has 3 aliphatic rings. The van der Waals surface area contributed by atoms with E-state index in [2.05, 4.69) is 13.0 Å². The first-order chi connectivity index (χ1) is 8.22. The highest BCUT2D eigenvalue weighted by molar-refractivity contribution is 5.87. The Morgan fingerprint density at radius 3 is 3.06 bits per heavy atom. The fourth-order valence-corrected chi connectivity index (χ4v) is 3.46. The minimum atomic E-state index is -0.688. The first-order valence-corrected chi connectivity index (χ1v) is 6.30. The van der Waals surface area contributed by atoms with Gasteiger partial charge in [0.1, 0.15) is 6.10 Å². The van der Waals surface area contributed by atoms with Crippen LogP contribution in [0.1, 0.15) is 19.8 Å². The van der Waals surface area contributed by atoms with Crippen LogP contribution in [0.25, 0.3) is 0 Å². The van der Waals surface area contributed by atoms with Crippen LogP contribution in [0.15, 0.2) is 11.6 Å². The number of aliphatic hydroxyl groups excluding tert-OH is 1. The SMILES string of the molecule is CC1=CC[C@@H]2C(=O)[C@@H](CO)O[C@@H]3OCC[C@@H]1[C@@H]32. The Hall–Kier alpha value is -0.710. The number of allylic oxidation sites excluding steroid dienone is 2. The van der Waals surface area contributed by atoms with Crippen molar-refractivity contribution in [1.29, 1.82) is 0 Å². The molecule has 0 aromatic carbocycles. The number of hydrogen-bond donors (Lipinski definition) is 1. The van der Waals surface area contributed by atoms with E-state index in [-0.39, 0.29) is 30.5 Å². The van der Waals surface area contributed by atoms with Gasteiger partial charge in [0, 0.05) is 11.8 Å². The van der Waals surface area contributed by atoms with E-state index in [0.29, 0.717) is 12.5 Å². The summed E-state index contributed by atoms with van der Waals surface area (Å²) in [6, 6.07) is 0. The summed E-state index contributed by atoms with van der Waals surface area (Å²) in [6.07, 6.45) is 2.92. The molecule has 4 nitrogen and oxygen atoms in total. The largest absolute Gasteiger partial charge is 0.393 e. The standard InChI is InChI=1S/C13H18O4/c1-7-2-3-9-11-8(7)4-5-16-13(11)17-10(6-14)12(9)15/h2,8-11,13-14H,3-6H2,1H3/t8-,9-,10+,11+,13-/m0/s1. The molecule has 4 heteroatoms. The van der Waals surface area contributed by atoms with Crippen LogP contribution in [0.4, 0.5) is 0 Å². The van der Waals surface area contributed by atoms with Crippen LogP contribution < -0.4 is 0 Å². The number of carbonyl (C=O) groups is 1. The molecule has 0 aromatic heterocycles. The lowest BCUT2D eigenvalue weighted by molar-refractivity contribution is -0.257. The van der Waals surface area contributed by atoms with Gasteiger partial charge < -0.3 is 14.6 Å². The predicted octanol–water partition coefficient (Wildman–Crippen LogP) is 0.892. The molecule has 0 aromatic rings. The number of aliphatic hydroxyl groups is 1.